The smallest absolute Gasteiger partial charge is 0.0440 e. The zero-order valence-corrected chi connectivity index (χ0v) is 9.24. The molecule has 1 aliphatic heterocycles. The van der Waals surface area contributed by atoms with Gasteiger partial charge in [0.05, 0.1) is 0 Å². The highest BCUT2D eigenvalue weighted by atomic mass is 15.2. The highest BCUT2D eigenvalue weighted by Gasteiger charge is 2.11. The molecule has 1 aromatic carbocycles. The predicted molar refractivity (Wildman–Crippen MR) is 66.2 cm³/mol. The van der Waals surface area contributed by atoms with Gasteiger partial charge in [0.15, 0.2) is 0 Å². The number of hydrogen-bond donors (Lipinski definition) is 1. The number of anilines is 1. The van der Waals surface area contributed by atoms with Crippen molar-refractivity contribution in [3.05, 3.63) is 35.9 Å². The number of benzene rings is 1. The molecular weight excluding hydrogens is 184 g/mol. The second-order valence-electron chi connectivity index (χ2n) is 3.80. The maximum atomic E-state index is 3.38. The van der Waals surface area contributed by atoms with E-state index in [9.17, 15) is 0 Å². The molecule has 0 radical (unpaired) electrons. The minimum absolute atomic E-state index is 1.09. The van der Waals surface area contributed by atoms with Crippen molar-refractivity contribution in [3.8, 4) is 0 Å². The summed E-state index contributed by atoms with van der Waals surface area (Å²) in [7, 11) is 0. The number of piperazine rings is 1. The summed E-state index contributed by atoms with van der Waals surface area (Å²) in [6.45, 7) is 6.45. The van der Waals surface area contributed by atoms with E-state index in [4.69, 9.17) is 0 Å². The third-order valence-electron chi connectivity index (χ3n) is 2.74. The predicted octanol–water partition coefficient (Wildman–Crippen LogP) is 2.13. The Bertz CT molecular complexity index is 338. The van der Waals surface area contributed by atoms with Crippen LogP contribution in [0.1, 0.15) is 12.5 Å². The average molecular weight is 202 g/mol. The molecule has 2 nitrogen and oxygen atoms in total. The molecule has 1 aromatic rings. The fraction of sp³-hybridized carbons (Fsp3) is 0.385. The van der Waals surface area contributed by atoms with Gasteiger partial charge in [0.25, 0.3) is 0 Å². The lowest BCUT2D eigenvalue weighted by molar-refractivity contribution is 0.589. The Balaban J connectivity index is 2.25. The van der Waals surface area contributed by atoms with Crippen molar-refractivity contribution in [2.45, 2.75) is 6.92 Å². The number of nitrogens with one attached hydrogen (secondary N) is 1. The Labute approximate surface area is 91.6 Å². The van der Waals surface area contributed by atoms with Crippen LogP contribution in [-0.2, 0) is 0 Å². The van der Waals surface area contributed by atoms with Gasteiger partial charge in [-0.1, -0.05) is 30.4 Å². The second kappa shape index (κ2) is 4.99. The van der Waals surface area contributed by atoms with Crippen LogP contribution in [0.4, 0.5) is 5.69 Å². The SMILES string of the molecule is CC=Cc1ccccc1N1CCNCC1. The molecule has 1 heterocycles. The van der Waals surface area contributed by atoms with Crippen LogP contribution in [0.15, 0.2) is 30.3 Å². The Kier molecular flexibility index (Phi) is 3.41. The molecule has 0 atom stereocenters. The van der Waals surface area contributed by atoms with Crippen molar-refractivity contribution in [1.29, 1.82) is 0 Å². The zero-order valence-electron chi connectivity index (χ0n) is 9.24. The summed E-state index contributed by atoms with van der Waals surface area (Å²) in [6.07, 6.45) is 4.28. The molecule has 0 aromatic heterocycles. The van der Waals surface area contributed by atoms with E-state index < -0.39 is 0 Å². The maximum Gasteiger partial charge on any atom is 0.0440 e. The number of rotatable bonds is 2. The van der Waals surface area contributed by atoms with Crippen LogP contribution in [-0.4, -0.2) is 26.2 Å². The van der Waals surface area contributed by atoms with Crippen molar-refractivity contribution in [1.82, 2.24) is 5.32 Å². The molecule has 1 aliphatic rings. The molecule has 1 fully saturated rings. The highest BCUT2D eigenvalue weighted by molar-refractivity contribution is 5.67. The first-order valence-electron chi connectivity index (χ1n) is 5.59. The molecule has 2 heteroatoms. The van der Waals surface area contributed by atoms with Crippen LogP contribution in [0.3, 0.4) is 0 Å². The molecule has 1 N–H and O–H groups in total. The van der Waals surface area contributed by atoms with E-state index in [0.29, 0.717) is 0 Å². The lowest BCUT2D eigenvalue weighted by atomic mass is 10.1. The van der Waals surface area contributed by atoms with E-state index in [2.05, 4.69) is 53.6 Å². The van der Waals surface area contributed by atoms with Gasteiger partial charge in [-0.2, -0.15) is 0 Å². The zero-order chi connectivity index (χ0) is 10.5. The van der Waals surface area contributed by atoms with Crippen molar-refractivity contribution in [3.63, 3.8) is 0 Å². The Morgan fingerprint density at radius 3 is 2.67 bits per heavy atom. The average Bonchev–Trinajstić information content (AvgIpc) is 2.31. The van der Waals surface area contributed by atoms with Gasteiger partial charge in [-0.3, -0.25) is 0 Å². The van der Waals surface area contributed by atoms with Gasteiger partial charge in [-0.15, -0.1) is 0 Å². The van der Waals surface area contributed by atoms with Gasteiger partial charge in [-0.25, -0.2) is 0 Å². The molecule has 0 bridgehead atoms. The fourth-order valence-corrected chi connectivity index (χ4v) is 2.00. The van der Waals surface area contributed by atoms with Crippen LogP contribution >= 0.6 is 0 Å². The second-order valence-corrected chi connectivity index (χ2v) is 3.80. The Morgan fingerprint density at radius 2 is 1.93 bits per heavy atom. The summed E-state index contributed by atoms with van der Waals surface area (Å²) in [5.41, 5.74) is 2.68. The van der Waals surface area contributed by atoms with Crippen LogP contribution in [0.2, 0.25) is 0 Å². The van der Waals surface area contributed by atoms with Gasteiger partial charge in [0, 0.05) is 31.9 Å². The highest BCUT2D eigenvalue weighted by Crippen LogP contribution is 2.21. The van der Waals surface area contributed by atoms with E-state index in [-0.39, 0.29) is 0 Å². The van der Waals surface area contributed by atoms with Crippen LogP contribution < -0.4 is 10.2 Å². The molecular formula is C13H18N2. The third kappa shape index (κ3) is 2.39. The summed E-state index contributed by atoms with van der Waals surface area (Å²) in [4.78, 5) is 2.45. The van der Waals surface area contributed by atoms with E-state index in [1.807, 2.05) is 0 Å². The maximum absolute atomic E-state index is 3.38. The fourth-order valence-electron chi connectivity index (χ4n) is 2.00. The molecule has 2 rings (SSSR count). The van der Waals surface area contributed by atoms with Gasteiger partial charge < -0.3 is 10.2 Å². The number of nitrogens with zero attached hydrogens (tertiary/aromatic N) is 1. The topological polar surface area (TPSA) is 15.3 Å². The van der Waals surface area contributed by atoms with Crippen LogP contribution in [0.25, 0.3) is 6.08 Å². The molecule has 0 saturated carbocycles. The monoisotopic (exact) mass is 202 g/mol. The first kappa shape index (κ1) is 10.2. The molecule has 0 spiro atoms. The molecule has 80 valence electrons. The first-order valence-corrected chi connectivity index (χ1v) is 5.59. The number of para-hydroxylation sites is 1. The summed E-state index contributed by atoms with van der Waals surface area (Å²) < 4.78 is 0. The number of hydrogen-bond acceptors (Lipinski definition) is 2. The van der Waals surface area contributed by atoms with Gasteiger partial charge >= 0.3 is 0 Å². The normalized spacial score (nSPS) is 17.3. The number of allylic oxidation sites excluding steroid dienone is 1. The summed E-state index contributed by atoms with van der Waals surface area (Å²) in [5.74, 6) is 0. The minimum atomic E-state index is 1.09. The minimum Gasteiger partial charge on any atom is -0.369 e. The molecule has 15 heavy (non-hydrogen) atoms. The Morgan fingerprint density at radius 1 is 1.20 bits per heavy atom. The molecule has 0 amide bonds. The van der Waals surface area contributed by atoms with Gasteiger partial charge in [0.1, 0.15) is 0 Å². The van der Waals surface area contributed by atoms with Crippen LogP contribution in [0.5, 0.6) is 0 Å². The van der Waals surface area contributed by atoms with Gasteiger partial charge in [-0.05, 0) is 18.6 Å². The summed E-state index contributed by atoms with van der Waals surface area (Å²) in [5, 5.41) is 3.38. The van der Waals surface area contributed by atoms with E-state index >= 15 is 0 Å². The first-order chi connectivity index (χ1) is 7.42. The lowest BCUT2D eigenvalue weighted by Crippen LogP contribution is -2.43. The van der Waals surface area contributed by atoms with Crippen LogP contribution in [0, 0.1) is 0 Å². The summed E-state index contributed by atoms with van der Waals surface area (Å²) >= 11 is 0. The van der Waals surface area contributed by atoms with E-state index in [0.717, 1.165) is 26.2 Å². The van der Waals surface area contributed by atoms with E-state index in [1.165, 1.54) is 11.3 Å². The molecule has 0 aliphatic carbocycles. The largest absolute Gasteiger partial charge is 0.369 e. The quantitative estimate of drug-likeness (QED) is 0.790. The van der Waals surface area contributed by atoms with Crippen molar-refractivity contribution in [2.75, 3.05) is 31.1 Å². The standard InChI is InChI=1S/C13H18N2/c1-2-5-12-6-3-4-7-13(12)15-10-8-14-9-11-15/h2-7,14H,8-11H2,1H3. The van der Waals surface area contributed by atoms with E-state index in [1.54, 1.807) is 0 Å². The van der Waals surface area contributed by atoms with Crippen molar-refractivity contribution in [2.24, 2.45) is 0 Å². The molecule has 0 unspecified atom stereocenters. The summed E-state index contributed by atoms with van der Waals surface area (Å²) in [6, 6.07) is 8.60. The van der Waals surface area contributed by atoms with Gasteiger partial charge in [0.2, 0.25) is 0 Å². The Hall–Kier alpha value is -1.28. The van der Waals surface area contributed by atoms with Crippen molar-refractivity contribution >= 4 is 11.8 Å². The lowest BCUT2D eigenvalue weighted by Gasteiger charge is -2.30. The molecule has 1 saturated heterocycles. The van der Waals surface area contributed by atoms with Crippen molar-refractivity contribution < 1.29 is 0 Å². The third-order valence-corrected chi connectivity index (χ3v) is 2.74.